The maximum Gasteiger partial charge on any atom is 0.312 e. The predicted molar refractivity (Wildman–Crippen MR) is 76.8 cm³/mol. The molecule has 0 saturated carbocycles. The Bertz CT molecular complexity index is 723. The molecule has 2 aromatic rings. The zero-order chi connectivity index (χ0) is 14.7. The van der Waals surface area contributed by atoms with E-state index in [1.54, 1.807) is 24.3 Å². The van der Waals surface area contributed by atoms with Gasteiger partial charge in [-0.15, -0.1) is 0 Å². The largest absolute Gasteiger partial charge is 0.450 e. The Hall–Kier alpha value is -2.39. The van der Waals surface area contributed by atoms with Gasteiger partial charge in [-0.05, 0) is 42.8 Å². The molecule has 0 atom stereocenters. The van der Waals surface area contributed by atoms with Crippen molar-refractivity contribution in [2.24, 2.45) is 0 Å². The van der Waals surface area contributed by atoms with E-state index in [0.717, 1.165) is 5.56 Å². The van der Waals surface area contributed by atoms with E-state index in [4.69, 9.17) is 10.00 Å². The molecule has 0 heterocycles. The van der Waals surface area contributed by atoms with Crippen LogP contribution in [0.3, 0.4) is 0 Å². The molecule has 0 radical (unpaired) electrons. The minimum Gasteiger partial charge on any atom is -0.450 e. The Kier molecular flexibility index (Phi) is 4.01. The van der Waals surface area contributed by atoms with Crippen molar-refractivity contribution in [2.45, 2.75) is 6.92 Å². The van der Waals surface area contributed by atoms with E-state index >= 15 is 0 Å². The maximum absolute atomic E-state index is 11.0. The highest BCUT2D eigenvalue weighted by molar-refractivity contribution is 9.10. The Morgan fingerprint density at radius 1 is 1.30 bits per heavy atom. The summed E-state index contributed by atoms with van der Waals surface area (Å²) < 4.78 is 6.13. The van der Waals surface area contributed by atoms with Gasteiger partial charge < -0.3 is 4.74 Å². The quantitative estimate of drug-likeness (QED) is 0.619. The average Bonchev–Trinajstić information content (AvgIpc) is 2.40. The first-order valence-electron chi connectivity index (χ1n) is 5.63. The number of rotatable bonds is 3. The fourth-order valence-electron chi connectivity index (χ4n) is 1.72. The molecule has 0 aliphatic rings. The van der Waals surface area contributed by atoms with Crippen LogP contribution in [0.2, 0.25) is 0 Å². The zero-order valence-electron chi connectivity index (χ0n) is 10.5. The average molecular weight is 333 g/mol. The van der Waals surface area contributed by atoms with Crippen LogP contribution in [0.25, 0.3) is 0 Å². The van der Waals surface area contributed by atoms with Crippen LogP contribution in [0.15, 0.2) is 40.9 Å². The summed E-state index contributed by atoms with van der Waals surface area (Å²) in [5, 5.41) is 19.9. The third-order valence-electron chi connectivity index (χ3n) is 2.53. The molecule has 0 amide bonds. The summed E-state index contributed by atoms with van der Waals surface area (Å²) in [6.07, 6.45) is 0. The van der Waals surface area contributed by atoms with E-state index in [1.807, 2.05) is 13.0 Å². The van der Waals surface area contributed by atoms with E-state index in [1.165, 1.54) is 12.1 Å². The second kappa shape index (κ2) is 5.72. The van der Waals surface area contributed by atoms with Gasteiger partial charge in [-0.25, -0.2) is 0 Å². The number of hydrogen-bond acceptors (Lipinski definition) is 4. The minimum absolute atomic E-state index is 0.132. The molecule has 0 aromatic heterocycles. The van der Waals surface area contributed by atoms with Crippen molar-refractivity contribution in [3.8, 4) is 17.6 Å². The summed E-state index contributed by atoms with van der Waals surface area (Å²) in [5.74, 6) is 0.527. The van der Waals surface area contributed by atoms with E-state index in [0.29, 0.717) is 15.8 Å². The monoisotopic (exact) mass is 332 g/mol. The summed E-state index contributed by atoms with van der Waals surface area (Å²) in [6.45, 7) is 1.82. The Balaban J connectivity index is 2.42. The second-order valence-corrected chi connectivity index (χ2v) is 5.03. The minimum atomic E-state index is -0.513. The number of nitro groups is 1. The van der Waals surface area contributed by atoms with Crippen molar-refractivity contribution >= 4 is 21.6 Å². The number of hydrogen-bond donors (Lipinski definition) is 0. The van der Waals surface area contributed by atoms with E-state index in [2.05, 4.69) is 15.9 Å². The Morgan fingerprint density at radius 3 is 2.70 bits per heavy atom. The first kappa shape index (κ1) is 14.0. The molecule has 0 N–H and O–H groups in total. The lowest BCUT2D eigenvalue weighted by Gasteiger charge is -2.08. The summed E-state index contributed by atoms with van der Waals surface area (Å²) in [4.78, 5) is 10.5. The molecule has 0 aliphatic carbocycles. The molecule has 0 unspecified atom stereocenters. The smallest absolute Gasteiger partial charge is 0.312 e. The highest BCUT2D eigenvalue weighted by Crippen LogP contribution is 2.34. The second-order valence-electron chi connectivity index (χ2n) is 4.12. The third kappa shape index (κ3) is 3.13. The predicted octanol–water partition coefficient (Wildman–Crippen LogP) is 4.33. The molecule has 2 rings (SSSR count). The molecular formula is C14H9BrN2O3. The van der Waals surface area contributed by atoms with Crippen LogP contribution < -0.4 is 4.74 Å². The SMILES string of the molecule is Cc1cc(C#N)cc(Oc2ccc(Br)cc2[N+](=O)[O-])c1. The standard InChI is InChI=1S/C14H9BrN2O3/c1-9-4-10(8-16)6-12(5-9)20-14-3-2-11(15)7-13(14)17(18)19/h2-7H,1H3. The fourth-order valence-corrected chi connectivity index (χ4v) is 2.07. The maximum atomic E-state index is 11.0. The molecule has 20 heavy (non-hydrogen) atoms. The summed E-state index contributed by atoms with van der Waals surface area (Å²) in [6, 6.07) is 11.5. The lowest BCUT2D eigenvalue weighted by Crippen LogP contribution is -1.94. The van der Waals surface area contributed by atoms with Crippen LogP contribution in [-0.2, 0) is 0 Å². The van der Waals surface area contributed by atoms with Gasteiger partial charge in [0.2, 0.25) is 5.75 Å². The van der Waals surface area contributed by atoms with Crippen LogP contribution in [0, 0.1) is 28.4 Å². The van der Waals surface area contributed by atoms with E-state index in [-0.39, 0.29) is 11.4 Å². The van der Waals surface area contributed by atoms with Gasteiger partial charge in [-0.2, -0.15) is 5.26 Å². The summed E-state index contributed by atoms with van der Waals surface area (Å²) in [7, 11) is 0. The van der Waals surface area contributed by atoms with Gasteiger partial charge in [0.25, 0.3) is 0 Å². The van der Waals surface area contributed by atoms with Gasteiger partial charge >= 0.3 is 5.69 Å². The first-order valence-corrected chi connectivity index (χ1v) is 6.42. The molecule has 0 fully saturated rings. The lowest BCUT2D eigenvalue weighted by molar-refractivity contribution is -0.385. The number of aryl methyl sites for hydroxylation is 1. The van der Waals surface area contributed by atoms with Gasteiger partial charge in [-0.1, -0.05) is 15.9 Å². The van der Waals surface area contributed by atoms with Crippen molar-refractivity contribution in [3.05, 3.63) is 62.1 Å². The van der Waals surface area contributed by atoms with Crippen molar-refractivity contribution in [3.63, 3.8) is 0 Å². The highest BCUT2D eigenvalue weighted by Gasteiger charge is 2.16. The fraction of sp³-hybridized carbons (Fsp3) is 0.0714. The molecule has 0 spiro atoms. The van der Waals surface area contributed by atoms with Gasteiger partial charge in [-0.3, -0.25) is 10.1 Å². The van der Waals surface area contributed by atoms with Gasteiger partial charge in [0, 0.05) is 10.5 Å². The van der Waals surface area contributed by atoms with Crippen molar-refractivity contribution < 1.29 is 9.66 Å². The van der Waals surface area contributed by atoms with Crippen LogP contribution in [0.4, 0.5) is 5.69 Å². The number of benzene rings is 2. The molecule has 6 heteroatoms. The zero-order valence-corrected chi connectivity index (χ0v) is 12.0. The van der Waals surface area contributed by atoms with Crippen molar-refractivity contribution in [1.29, 1.82) is 5.26 Å². The first-order chi connectivity index (χ1) is 9.49. The molecule has 0 bridgehead atoms. The van der Waals surface area contributed by atoms with Gasteiger partial charge in [0.1, 0.15) is 5.75 Å². The Labute approximate surface area is 123 Å². The van der Waals surface area contributed by atoms with Crippen molar-refractivity contribution in [1.82, 2.24) is 0 Å². The van der Waals surface area contributed by atoms with Crippen LogP contribution in [-0.4, -0.2) is 4.92 Å². The number of nitro benzene ring substituents is 1. The van der Waals surface area contributed by atoms with Crippen molar-refractivity contribution in [2.75, 3.05) is 0 Å². The molecule has 5 nitrogen and oxygen atoms in total. The topological polar surface area (TPSA) is 76.2 Å². The molecule has 0 saturated heterocycles. The number of halogens is 1. The normalized spacial score (nSPS) is 9.85. The molecule has 100 valence electrons. The summed E-state index contributed by atoms with van der Waals surface area (Å²) in [5.41, 5.74) is 1.15. The number of nitriles is 1. The van der Waals surface area contributed by atoms with E-state index < -0.39 is 4.92 Å². The lowest BCUT2D eigenvalue weighted by atomic mass is 10.1. The van der Waals surface area contributed by atoms with Crippen LogP contribution >= 0.6 is 15.9 Å². The van der Waals surface area contributed by atoms with Gasteiger partial charge in [0.15, 0.2) is 0 Å². The number of ether oxygens (including phenoxy) is 1. The van der Waals surface area contributed by atoms with Gasteiger partial charge in [0.05, 0.1) is 16.6 Å². The molecule has 0 aliphatic heterocycles. The van der Waals surface area contributed by atoms with E-state index in [9.17, 15) is 10.1 Å². The third-order valence-corrected chi connectivity index (χ3v) is 3.02. The summed E-state index contributed by atoms with van der Waals surface area (Å²) >= 11 is 3.18. The molecular weight excluding hydrogens is 324 g/mol. The highest BCUT2D eigenvalue weighted by atomic mass is 79.9. The van der Waals surface area contributed by atoms with Crippen LogP contribution in [0.5, 0.6) is 11.5 Å². The van der Waals surface area contributed by atoms with Crippen LogP contribution in [0.1, 0.15) is 11.1 Å². The Morgan fingerprint density at radius 2 is 2.05 bits per heavy atom. The number of nitrogens with zero attached hydrogens (tertiary/aromatic N) is 2. The molecule has 2 aromatic carbocycles.